The van der Waals surface area contributed by atoms with E-state index >= 15 is 0 Å². The highest BCUT2D eigenvalue weighted by Gasteiger charge is 2.24. The molecule has 2 aliphatic heterocycles. The standard InChI is InChI=1S/C28H30N8O2S2/c1-15-17(7-3-9-19(15)31-23(37)27-35-33-25(39-27)21-11-5-13-29-21)18-8-4-10-20(16(18)2)32-24(38)28-36-34-26(40-28)22-12-6-14-30-22/h3-4,7-10,21-22,29-30H,5-6,11-14H2,1-2H3,(H,31,37)(H,32,38)/t21-,22-/m0/s1. The molecule has 0 spiro atoms. The Morgan fingerprint density at radius 3 is 1.57 bits per heavy atom. The molecule has 6 rings (SSSR count). The summed E-state index contributed by atoms with van der Waals surface area (Å²) in [5, 5.41) is 31.9. The summed E-state index contributed by atoms with van der Waals surface area (Å²) in [6.07, 6.45) is 4.22. The van der Waals surface area contributed by atoms with E-state index < -0.39 is 0 Å². The third-order valence-electron chi connectivity index (χ3n) is 7.44. The van der Waals surface area contributed by atoms with Gasteiger partial charge in [-0.15, -0.1) is 20.4 Å². The Bertz CT molecular complexity index is 1440. The zero-order valence-corrected chi connectivity index (χ0v) is 23.9. The number of nitrogens with zero attached hydrogens (tertiary/aromatic N) is 4. The van der Waals surface area contributed by atoms with Crippen molar-refractivity contribution in [2.75, 3.05) is 23.7 Å². The molecule has 0 aliphatic carbocycles. The van der Waals surface area contributed by atoms with Crippen LogP contribution in [0.25, 0.3) is 11.1 Å². The SMILES string of the molecule is Cc1c(NC(=O)c2nnc([C@@H]3CCCN3)s2)cccc1-c1cccc(NC(=O)c2nnc([C@@H]3CCCN3)s2)c1C. The van der Waals surface area contributed by atoms with E-state index in [2.05, 4.69) is 41.7 Å². The lowest BCUT2D eigenvalue weighted by Gasteiger charge is -2.16. The third-order valence-corrected chi connectivity index (χ3v) is 9.51. The molecule has 0 radical (unpaired) electrons. The summed E-state index contributed by atoms with van der Waals surface area (Å²) in [4.78, 5) is 26.0. The van der Waals surface area contributed by atoms with Gasteiger partial charge in [0.1, 0.15) is 10.0 Å². The number of rotatable bonds is 7. The minimum atomic E-state index is -0.274. The summed E-state index contributed by atoms with van der Waals surface area (Å²) >= 11 is 2.66. The van der Waals surface area contributed by atoms with Gasteiger partial charge in [-0.25, -0.2) is 0 Å². The number of anilines is 2. The van der Waals surface area contributed by atoms with Crippen molar-refractivity contribution in [2.45, 2.75) is 51.6 Å². The number of hydrogen-bond donors (Lipinski definition) is 4. The fourth-order valence-corrected chi connectivity index (χ4v) is 6.90. The summed E-state index contributed by atoms with van der Waals surface area (Å²) in [7, 11) is 0. The van der Waals surface area contributed by atoms with E-state index in [0.717, 1.165) is 71.0 Å². The molecule has 40 heavy (non-hydrogen) atoms. The van der Waals surface area contributed by atoms with Crippen molar-refractivity contribution in [3.63, 3.8) is 0 Å². The van der Waals surface area contributed by atoms with Crippen molar-refractivity contribution in [1.29, 1.82) is 0 Å². The summed E-state index contributed by atoms with van der Waals surface area (Å²) in [5.74, 6) is -0.548. The van der Waals surface area contributed by atoms with Crippen molar-refractivity contribution in [3.8, 4) is 11.1 Å². The minimum Gasteiger partial charge on any atom is -0.320 e. The molecule has 4 N–H and O–H groups in total. The Balaban J connectivity index is 1.19. The van der Waals surface area contributed by atoms with Crippen LogP contribution in [0.2, 0.25) is 0 Å². The molecular formula is C28H30N8O2S2. The largest absolute Gasteiger partial charge is 0.320 e. The van der Waals surface area contributed by atoms with Gasteiger partial charge in [-0.3, -0.25) is 9.59 Å². The first kappa shape index (κ1) is 26.6. The highest BCUT2D eigenvalue weighted by atomic mass is 32.1. The number of hydrogen-bond acceptors (Lipinski definition) is 10. The van der Waals surface area contributed by atoms with Crippen LogP contribution in [0.15, 0.2) is 36.4 Å². The fraction of sp³-hybridized carbons (Fsp3) is 0.357. The molecule has 0 unspecified atom stereocenters. The lowest BCUT2D eigenvalue weighted by Crippen LogP contribution is -2.13. The molecule has 0 saturated carbocycles. The zero-order chi connectivity index (χ0) is 27.6. The van der Waals surface area contributed by atoms with Crippen LogP contribution in [0, 0.1) is 13.8 Å². The molecule has 4 aromatic rings. The molecule has 2 aliphatic rings. The second kappa shape index (κ2) is 11.5. The molecule has 2 saturated heterocycles. The van der Waals surface area contributed by atoms with E-state index in [1.807, 2.05) is 50.2 Å². The van der Waals surface area contributed by atoms with Crippen LogP contribution in [0.3, 0.4) is 0 Å². The number of nitrogens with one attached hydrogen (secondary N) is 4. The number of carbonyl (C=O) groups is 2. The normalized spacial score (nSPS) is 18.6. The Morgan fingerprint density at radius 2 is 1.18 bits per heavy atom. The van der Waals surface area contributed by atoms with Gasteiger partial charge in [0.2, 0.25) is 10.0 Å². The van der Waals surface area contributed by atoms with E-state index in [1.165, 1.54) is 22.7 Å². The van der Waals surface area contributed by atoms with E-state index in [0.29, 0.717) is 21.4 Å². The molecule has 4 heterocycles. The van der Waals surface area contributed by atoms with Crippen LogP contribution in [0.1, 0.15) is 78.5 Å². The molecule has 12 heteroatoms. The predicted molar refractivity (Wildman–Crippen MR) is 157 cm³/mol. The monoisotopic (exact) mass is 574 g/mol. The molecule has 206 valence electrons. The molecule has 2 aromatic carbocycles. The highest BCUT2D eigenvalue weighted by Crippen LogP contribution is 2.35. The molecule has 2 amide bonds. The first-order chi connectivity index (χ1) is 19.5. The smallest absolute Gasteiger partial charge is 0.286 e. The molecular weight excluding hydrogens is 544 g/mol. The summed E-state index contributed by atoms with van der Waals surface area (Å²) in [5.41, 5.74) is 5.17. The number of amides is 2. The quantitative estimate of drug-likeness (QED) is 0.242. The van der Waals surface area contributed by atoms with Gasteiger partial charge in [-0.05, 0) is 87.0 Å². The predicted octanol–water partition coefficient (Wildman–Crippen LogP) is 5.03. The van der Waals surface area contributed by atoms with Crippen molar-refractivity contribution >= 4 is 45.9 Å². The zero-order valence-electron chi connectivity index (χ0n) is 22.3. The maximum atomic E-state index is 13.0. The van der Waals surface area contributed by atoms with Crippen molar-refractivity contribution in [2.24, 2.45) is 0 Å². The van der Waals surface area contributed by atoms with Gasteiger partial charge in [-0.2, -0.15) is 0 Å². The molecule has 2 aromatic heterocycles. The van der Waals surface area contributed by atoms with E-state index in [1.54, 1.807) is 0 Å². The molecule has 2 atom stereocenters. The number of benzene rings is 2. The Labute approximate surface area is 240 Å². The Hall–Kier alpha value is -3.58. The average Bonchev–Trinajstić information content (AvgIpc) is 3.77. The summed E-state index contributed by atoms with van der Waals surface area (Å²) in [6, 6.07) is 12.0. The van der Waals surface area contributed by atoms with Gasteiger partial charge in [0.15, 0.2) is 0 Å². The van der Waals surface area contributed by atoms with Crippen molar-refractivity contribution < 1.29 is 9.59 Å². The second-order valence-corrected chi connectivity index (χ2v) is 12.1. The van der Waals surface area contributed by atoms with Gasteiger partial charge in [0.05, 0.1) is 12.1 Å². The van der Waals surface area contributed by atoms with Gasteiger partial charge in [0.25, 0.3) is 11.8 Å². The van der Waals surface area contributed by atoms with E-state index in [9.17, 15) is 9.59 Å². The first-order valence-electron chi connectivity index (χ1n) is 13.4. The number of carbonyl (C=O) groups excluding carboxylic acids is 2. The van der Waals surface area contributed by atoms with E-state index in [-0.39, 0.29) is 23.9 Å². The van der Waals surface area contributed by atoms with Crippen molar-refractivity contribution in [3.05, 3.63) is 67.6 Å². The molecule has 2 fully saturated rings. The van der Waals surface area contributed by atoms with E-state index in [4.69, 9.17) is 0 Å². The topological polar surface area (TPSA) is 134 Å². The lowest BCUT2D eigenvalue weighted by atomic mass is 9.94. The van der Waals surface area contributed by atoms with Crippen LogP contribution in [-0.4, -0.2) is 45.3 Å². The summed E-state index contributed by atoms with van der Waals surface area (Å²) < 4.78 is 0. The maximum Gasteiger partial charge on any atom is 0.286 e. The lowest BCUT2D eigenvalue weighted by molar-refractivity contribution is 0.101. The van der Waals surface area contributed by atoms with Crippen LogP contribution >= 0.6 is 22.7 Å². The fourth-order valence-electron chi connectivity index (χ4n) is 5.20. The van der Waals surface area contributed by atoms with Gasteiger partial charge < -0.3 is 21.3 Å². The second-order valence-electron chi connectivity index (χ2n) is 10.1. The Kier molecular flexibility index (Phi) is 7.65. The van der Waals surface area contributed by atoms with Crippen LogP contribution in [0.5, 0.6) is 0 Å². The van der Waals surface area contributed by atoms with Crippen LogP contribution < -0.4 is 21.3 Å². The minimum absolute atomic E-state index is 0.179. The third kappa shape index (κ3) is 5.39. The van der Waals surface area contributed by atoms with Gasteiger partial charge >= 0.3 is 0 Å². The highest BCUT2D eigenvalue weighted by molar-refractivity contribution is 7.13. The van der Waals surface area contributed by atoms with Crippen LogP contribution in [0.4, 0.5) is 11.4 Å². The molecule has 10 nitrogen and oxygen atoms in total. The maximum absolute atomic E-state index is 13.0. The average molecular weight is 575 g/mol. The van der Waals surface area contributed by atoms with Gasteiger partial charge in [-0.1, -0.05) is 46.9 Å². The van der Waals surface area contributed by atoms with Crippen LogP contribution in [-0.2, 0) is 0 Å². The van der Waals surface area contributed by atoms with Gasteiger partial charge in [0, 0.05) is 11.4 Å². The molecule has 0 bridgehead atoms. The Morgan fingerprint density at radius 1 is 0.725 bits per heavy atom. The summed E-state index contributed by atoms with van der Waals surface area (Å²) in [6.45, 7) is 5.87. The van der Waals surface area contributed by atoms with Crippen molar-refractivity contribution in [1.82, 2.24) is 31.0 Å². The first-order valence-corrected chi connectivity index (χ1v) is 15.1. The number of aromatic nitrogens is 4.